The molecule has 0 aromatic heterocycles. The maximum absolute atomic E-state index is 13.1. The number of alkyl halides is 3. The first-order chi connectivity index (χ1) is 13.0. The quantitative estimate of drug-likeness (QED) is 0.675. The van der Waals surface area contributed by atoms with Crippen LogP contribution in [0.5, 0.6) is 0 Å². The van der Waals surface area contributed by atoms with Crippen molar-refractivity contribution in [3.63, 3.8) is 0 Å². The lowest BCUT2D eigenvalue weighted by Crippen LogP contribution is -2.46. The van der Waals surface area contributed by atoms with E-state index < -0.39 is 43.3 Å². The summed E-state index contributed by atoms with van der Waals surface area (Å²) in [6, 6.07) is 4.89. The van der Waals surface area contributed by atoms with Crippen LogP contribution in [0.4, 0.5) is 23.7 Å². The highest BCUT2D eigenvalue weighted by molar-refractivity contribution is 7.94. The van der Waals surface area contributed by atoms with Gasteiger partial charge < -0.3 is 9.64 Å². The first kappa shape index (κ1) is 21.7. The number of hydrogen-bond acceptors (Lipinski definition) is 6. The molecular formula is C16H17F3N2O6S. The molecule has 0 spiro atoms. The number of likely N-dealkylation sites (tertiary alicyclic amines) is 1. The van der Waals surface area contributed by atoms with E-state index >= 15 is 0 Å². The molecule has 28 heavy (non-hydrogen) atoms. The summed E-state index contributed by atoms with van der Waals surface area (Å²) in [5.74, 6) is -1.46. The largest absolute Gasteiger partial charge is 0.517 e. The summed E-state index contributed by atoms with van der Waals surface area (Å²) in [6.45, 7) is 0.776. The molecule has 0 saturated carbocycles. The molecule has 0 radical (unpaired) electrons. The Morgan fingerprint density at radius 1 is 1.25 bits per heavy atom. The Labute approximate surface area is 158 Å². The number of para-hydroxylation sites is 1. The molecule has 154 valence electrons. The van der Waals surface area contributed by atoms with Crippen LogP contribution in [-0.2, 0) is 30.9 Å². The third kappa shape index (κ3) is 4.26. The Kier molecular flexibility index (Phi) is 6.32. The number of nitrogens with zero attached hydrogens (tertiary/aromatic N) is 2. The third-order valence-electron chi connectivity index (χ3n) is 3.90. The summed E-state index contributed by atoms with van der Waals surface area (Å²) in [5, 5.41) is 0. The summed E-state index contributed by atoms with van der Waals surface area (Å²) >= 11 is 0. The van der Waals surface area contributed by atoms with Crippen LogP contribution in [0.15, 0.2) is 24.3 Å². The van der Waals surface area contributed by atoms with E-state index in [0.29, 0.717) is 6.42 Å². The van der Waals surface area contributed by atoms with Crippen LogP contribution in [0, 0.1) is 0 Å². The summed E-state index contributed by atoms with van der Waals surface area (Å²) in [6.07, 6.45) is -1.29. The molecule has 1 aliphatic heterocycles. The lowest BCUT2D eigenvalue weighted by molar-refractivity contribution is -0.147. The van der Waals surface area contributed by atoms with Gasteiger partial charge in [0.1, 0.15) is 0 Å². The average Bonchev–Trinajstić information content (AvgIpc) is 2.59. The van der Waals surface area contributed by atoms with Gasteiger partial charge in [-0.05, 0) is 25.0 Å². The molecule has 0 unspecified atom stereocenters. The van der Waals surface area contributed by atoms with Crippen LogP contribution in [0.2, 0.25) is 0 Å². The molecule has 0 atom stereocenters. The Hall–Kier alpha value is -2.63. The van der Waals surface area contributed by atoms with E-state index in [-0.39, 0.29) is 31.7 Å². The van der Waals surface area contributed by atoms with Gasteiger partial charge in [0.25, 0.3) is 5.91 Å². The predicted molar refractivity (Wildman–Crippen MR) is 90.6 cm³/mol. The van der Waals surface area contributed by atoms with Crippen molar-refractivity contribution in [2.24, 2.45) is 0 Å². The minimum absolute atomic E-state index is 0.0635. The van der Waals surface area contributed by atoms with E-state index in [1.807, 2.05) is 0 Å². The van der Waals surface area contributed by atoms with Crippen LogP contribution < -0.4 is 4.31 Å². The summed E-state index contributed by atoms with van der Waals surface area (Å²) in [7, 11) is -6.11. The summed E-state index contributed by atoms with van der Waals surface area (Å²) in [5.41, 5.74) is -6.43. The number of ketones is 1. The first-order valence-corrected chi connectivity index (χ1v) is 9.63. The van der Waals surface area contributed by atoms with Gasteiger partial charge in [-0.15, -0.1) is 0 Å². The number of sulfonamides is 1. The van der Waals surface area contributed by atoms with Gasteiger partial charge in [-0.3, -0.25) is 9.59 Å². The number of carbonyl (C=O) groups is 3. The van der Waals surface area contributed by atoms with Gasteiger partial charge in [-0.25, -0.2) is 4.79 Å². The first-order valence-electron chi connectivity index (χ1n) is 8.19. The Balaban J connectivity index is 2.52. The van der Waals surface area contributed by atoms with Gasteiger partial charge in [0.15, 0.2) is 0 Å². The van der Waals surface area contributed by atoms with Crippen molar-refractivity contribution >= 4 is 33.5 Å². The van der Waals surface area contributed by atoms with Gasteiger partial charge >= 0.3 is 21.6 Å². The van der Waals surface area contributed by atoms with Crippen molar-refractivity contribution in [3.8, 4) is 0 Å². The second-order valence-electron chi connectivity index (χ2n) is 5.80. The second kappa shape index (κ2) is 8.17. The molecule has 2 amide bonds. The standard InChI is InChI=1S/C16H17F3N2O6S/c1-2-27-15(24)21(28(25,26)16(17,18)19)12-7-4-3-6-11(12)10-20-9-5-8-13(22)14(20)23/h3-4,6-7H,2,5,8-10H2,1H3. The van der Waals surface area contributed by atoms with E-state index in [9.17, 15) is 36.0 Å². The minimum Gasteiger partial charge on any atom is -0.449 e. The highest BCUT2D eigenvalue weighted by Gasteiger charge is 2.53. The Bertz CT molecular complexity index is 885. The van der Waals surface area contributed by atoms with Crippen LogP contribution >= 0.6 is 0 Å². The van der Waals surface area contributed by atoms with E-state index in [2.05, 4.69) is 4.74 Å². The van der Waals surface area contributed by atoms with Crippen molar-refractivity contribution in [3.05, 3.63) is 29.8 Å². The fourth-order valence-corrected chi connectivity index (χ4v) is 3.52. The van der Waals surface area contributed by atoms with Gasteiger partial charge in [-0.2, -0.15) is 25.9 Å². The number of halogens is 3. The number of amides is 2. The van der Waals surface area contributed by atoms with E-state index in [4.69, 9.17) is 0 Å². The van der Waals surface area contributed by atoms with E-state index in [1.165, 1.54) is 25.1 Å². The van der Waals surface area contributed by atoms with Crippen molar-refractivity contribution in [1.29, 1.82) is 0 Å². The summed E-state index contributed by atoms with van der Waals surface area (Å²) in [4.78, 5) is 36.7. The fourth-order valence-electron chi connectivity index (χ4n) is 2.63. The SMILES string of the molecule is CCOC(=O)N(c1ccccc1CN1CCCC(=O)C1=O)S(=O)(=O)C(F)(F)F. The fraction of sp³-hybridized carbons (Fsp3) is 0.438. The highest BCUT2D eigenvalue weighted by Crippen LogP contribution is 2.34. The van der Waals surface area contributed by atoms with Gasteiger partial charge in [0, 0.05) is 19.5 Å². The molecule has 2 rings (SSSR count). The molecular weight excluding hydrogens is 405 g/mol. The highest BCUT2D eigenvalue weighted by atomic mass is 32.2. The molecule has 1 aliphatic rings. The zero-order valence-electron chi connectivity index (χ0n) is 14.7. The summed E-state index contributed by atoms with van der Waals surface area (Å²) < 4.78 is 67.4. The molecule has 0 N–H and O–H groups in total. The van der Waals surface area contributed by atoms with E-state index in [1.54, 1.807) is 0 Å². The number of hydrogen-bond donors (Lipinski definition) is 0. The molecule has 1 heterocycles. The lowest BCUT2D eigenvalue weighted by Gasteiger charge is -2.29. The van der Waals surface area contributed by atoms with Gasteiger partial charge in [0.05, 0.1) is 12.3 Å². The number of carbonyl (C=O) groups excluding carboxylic acids is 3. The number of piperidine rings is 1. The van der Waals surface area contributed by atoms with Crippen molar-refractivity contribution in [2.75, 3.05) is 17.5 Å². The van der Waals surface area contributed by atoms with Gasteiger partial charge in [-0.1, -0.05) is 18.2 Å². The Morgan fingerprint density at radius 3 is 2.50 bits per heavy atom. The molecule has 1 saturated heterocycles. The third-order valence-corrected chi connectivity index (χ3v) is 5.31. The number of anilines is 1. The topological polar surface area (TPSA) is 101 Å². The molecule has 8 nitrogen and oxygen atoms in total. The number of benzene rings is 1. The van der Waals surface area contributed by atoms with Crippen molar-refractivity contribution in [1.82, 2.24) is 4.90 Å². The smallest absolute Gasteiger partial charge is 0.449 e. The van der Waals surface area contributed by atoms with Gasteiger partial charge in [0.2, 0.25) is 5.78 Å². The molecule has 1 fully saturated rings. The molecule has 0 aliphatic carbocycles. The van der Waals surface area contributed by atoms with Crippen molar-refractivity contribution in [2.45, 2.75) is 31.8 Å². The van der Waals surface area contributed by atoms with Crippen LogP contribution in [0.25, 0.3) is 0 Å². The molecule has 12 heteroatoms. The minimum atomic E-state index is -6.11. The number of ether oxygens (including phenoxy) is 1. The van der Waals surface area contributed by atoms with Crippen LogP contribution in [-0.4, -0.2) is 49.8 Å². The Morgan fingerprint density at radius 2 is 1.89 bits per heavy atom. The van der Waals surface area contributed by atoms with Crippen molar-refractivity contribution < 1.29 is 40.7 Å². The zero-order valence-corrected chi connectivity index (χ0v) is 15.5. The van der Waals surface area contributed by atoms with Crippen LogP contribution in [0.3, 0.4) is 0 Å². The lowest BCUT2D eigenvalue weighted by atomic mass is 10.1. The maximum atomic E-state index is 13.1. The molecule has 1 aromatic rings. The maximum Gasteiger partial charge on any atom is 0.517 e. The molecule has 0 bridgehead atoms. The zero-order chi connectivity index (χ0) is 21.1. The average molecular weight is 422 g/mol. The second-order valence-corrected chi connectivity index (χ2v) is 7.57. The normalized spacial score (nSPS) is 15.5. The number of rotatable bonds is 5. The van der Waals surface area contributed by atoms with E-state index in [0.717, 1.165) is 11.0 Å². The predicted octanol–water partition coefficient (Wildman–Crippen LogP) is 2.19. The molecule has 1 aromatic carbocycles. The van der Waals surface area contributed by atoms with Crippen LogP contribution in [0.1, 0.15) is 25.3 Å². The monoisotopic (exact) mass is 422 g/mol. The number of Topliss-reactive ketones (excluding diaryl/α,β-unsaturated/α-hetero) is 1.